The summed E-state index contributed by atoms with van der Waals surface area (Å²) in [5, 5.41) is 2.67. The number of ether oxygens (including phenoxy) is 2. The third-order valence-electron chi connectivity index (χ3n) is 4.64. The summed E-state index contributed by atoms with van der Waals surface area (Å²) in [6.07, 6.45) is 0.516. The largest absolute Gasteiger partial charge is 0.496 e. The van der Waals surface area contributed by atoms with E-state index in [1.54, 1.807) is 18.1 Å². The number of morpholine rings is 1. The molecule has 1 aromatic carbocycles. The van der Waals surface area contributed by atoms with Crippen molar-refractivity contribution in [3.63, 3.8) is 0 Å². The molecule has 2 aliphatic heterocycles. The van der Waals surface area contributed by atoms with E-state index in [0.717, 1.165) is 5.56 Å². The number of hydrogen-bond acceptors (Lipinski definition) is 5. The van der Waals surface area contributed by atoms with E-state index in [1.165, 1.54) is 4.90 Å². The average Bonchev–Trinajstić information content (AvgIpc) is 2.94. The van der Waals surface area contributed by atoms with Crippen molar-refractivity contribution >= 4 is 17.8 Å². The van der Waals surface area contributed by atoms with Gasteiger partial charge in [-0.15, -0.1) is 0 Å². The molecule has 2 fully saturated rings. The first-order valence-electron chi connectivity index (χ1n) is 8.69. The zero-order chi connectivity index (χ0) is 18.5. The minimum atomic E-state index is -0.665. The number of nitrogens with zero attached hydrogens (tertiary/aromatic N) is 2. The van der Waals surface area contributed by atoms with Gasteiger partial charge in [-0.05, 0) is 12.5 Å². The van der Waals surface area contributed by atoms with Crippen LogP contribution < -0.4 is 10.1 Å². The van der Waals surface area contributed by atoms with E-state index in [4.69, 9.17) is 9.47 Å². The Bertz CT molecular complexity index is 687. The van der Waals surface area contributed by atoms with Gasteiger partial charge in [0.05, 0.1) is 26.9 Å². The lowest BCUT2D eigenvalue weighted by molar-refractivity contribution is -0.135. The predicted octanol–water partition coefficient (Wildman–Crippen LogP) is 0.755. The minimum absolute atomic E-state index is 0.0153. The molecule has 140 valence electrons. The molecule has 0 aliphatic carbocycles. The summed E-state index contributed by atoms with van der Waals surface area (Å²) in [5.41, 5.74) is 0.753. The van der Waals surface area contributed by atoms with Crippen LogP contribution in [0.3, 0.4) is 0 Å². The summed E-state index contributed by atoms with van der Waals surface area (Å²) < 4.78 is 10.5. The molecule has 26 heavy (non-hydrogen) atoms. The number of urea groups is 1. The molecular formula is C18H23N3O5. The summed E-state index contributed by atoms with van der Waals surface area (Å²) in [6.45, 7) is 2.37. The first kappa shape index (κ1) is 18.2. The first-order chi connectivity index (χ1) is 12.6. The normalized spacial score (nSPS) is 20.3. The maximum atomic E-state index is 12.6. The van der Waals surface area contributed by atoms with Crippen LogP contribution in [0.2, 0.25) is 0 Å². The van der Waals surface area contributed by atoms with Crippen molar-refractivity contribution in [3.05, 3.63) is 29.8 Å². The fourth-order valence-electron chi connectivity index (χ4n) is 3.16. The molecule has 4 amide bonds. The second-order valence-electron chi connectivity index (χ2n) is 6.27. The Morgan fingerprint density at radius 3 is 2.73 bits per heavy atom. The van der Waals surface area contributed by atoms with Crippen LogP contribution in [0.1, 0.15) is 18.4 Å². The molecule has 1 aromatic rings. The fourth-order valence-corrected chi connectivity index (χ4v) is 3.16. The quantitative estimate of drug-likeness (QED) is 0.756. The van der Waals surface area contributed by atoms with Gasteiger partial charge in [0.2, 0.25) is 5.91 Å². The number of amides is 4. The number of nitrogens with one attached hydrogen (secondary N) is 1. The Morgan fingerprint density at radius 2 is 2.00 bits per heavy atom. The minimum Gasteiger partial charge on any atom is -0.496 e. The van der Waals surface area contributed by atoms with Gasteiger partial charge in [-0.1, -0.05) is 18.2 Å². The summed E-state index contributed by atoms with van der Waals surface area (Å²) in [7, 11) is 1.55. The van der Waals surface area contributed by atoms with Crippen LogP contribution in [0, 0.1) is 0 Å². The first-order valence-corrected chi connectivity index (χ1v) is 8.69. The molecule has 1 N–H and O–H groups in total. The second-order valence-corrected chi connectivity index (χ2v) is 6.27. The molecule has 0 spiro atoms. The van der Waals surface area contributed by atoms with Gasteiger partial charge in [-0.25, -0.2) is 4.79 Å². The molecule has 0 saturated carbocycles. The SMILES string of the molecule is COc1ccccc1CN1C(=O)NC(CCC(=O)N2CCOCC2)C1=O. The highest BCUT2D eigenvalue weighted by atomic mass is 16.5. The van der Waals surface area contributed by atoms with Gasteiger partial charge < -0.3 is 19.7 Å². The van der Waals surface area contributed by atoms with E-state index < -0.39 is 12.1 Å². The number of methoxy groups -OCH3 is 1. The number of rotatable bonds is 6. The lowest BCUT2D eigenvalue weighted by Gasteiger charge is -2.27. The molecule has 1 unspecified atom stereocenters. The van der Waals surface area contributed by atoms with Crippen LogP contribution in [-0.2, 0) is 20.9 Å². The van der Waals surface area contributed by atoms with Crippen molar-refractivity contribution in [1.29, 1.82) is 0 Å². The monoisotopic (exact) mass is 361 g/mol. The lowest BCUT2D eigenvalue weighted by Crippen LogP contribution is -2.41. The van der Waals surface area contributed by atoms with E-state index >= 15 is 0 Å². The van der Waals surface area contributed by atoms with Gasteiger partial charge >= 0.3 is 6.03 Å². The maximum absolute atomic E-state index is 12.6. The van der Waals surface area contributed by atoms with Crippen molar-refractivity contribution in [2.45, 2.75) is 25.4 Å². The van der Waals surface area contributed by atoms with Crippen molar-refractivity contribution in [1.82, 2.24) is 15.1 Å². The third-order valence-corrected chi connectivity index (χ3v) is 4.64. The van der Waals surface area contributed by atoms with Crippen LogP contribution in [-0.4, -0.2) is 67.1 Å². The molecule has 2 saturated heterocycles. The number of imide groups is 1. The van der Waals surface area contributed by atoms with Crippen molar-refractivity contribution < 1.29 is 23.9 Å². The second kappa shape index (κ2) is 8.18. The van der Waals surface area contributed by atoms with Crippen LogP contribution in [0.4, 0.5) is 4.79 Å². The zero-order valence-corrected chi connectivity index (χ0v) is 14.8. The highest BCUT2D eigenvalue weighted by Crippen LogP contribution is 2.22. The molecular weight excluding hydrogens is 338 g/mol. The molecule has 1 atom stereocenters. The lowest BCUT2D eigenvalue weighted by atomic mass is 10.1. The smallest absolute Gasteiger partial charge is 0.325 e. The van der Waals surface area contributed by atoms with Gasteiger partial charge in [0.1, 0.15) is 11.8 Å². The van der Waals surface area contributed by atoms with Crippen LogP contribution in [0.5, 0.6) is 5.75 Å². The number of hydrogen-bond donors (Lipinski definition) is 1. The molecule has 8 heteroatoms. The number of carbonyl (C=O) groups excluding carboxylic acids is 3. The molecule has 0 aromatic heterocycles. The summed E-state index contributed by atoms with van der Waals surface area (Å²) in [4.78, 5) is 39.9. The van der Waals surface area contributed by atoms with Crippen molar-refractivity contribution in [2.24, 2.45) is 0 Å². The Balaban J connectivity index is 1.57. The van der Waals surface area contributed by atoms with Crippen molar-refractivity contribution in [3.8, 4) is 5.75 Å². The van der Waals surface area contributed by atoms with Crippen LogP contribution in [0.15, 0.2) is 24.3 Å². The molecule has 8 nitrogen and oxygen atoms in total. The van der Waals surface area contributed by atoms with Gasteiger partial charge in [-0.2, -0.15) is 0 Å². The topological polar surface area (TPSA) is 88.2 Å². The van der Waals surface area contributed by atoms with Gasteiger partial charge in [0, 0.05) is 25.1 Å². The van der Waals surface area contributed by atoms with Gasteiger partial charge in [-0.3, -0.25) is 14.5 Å². The Hall–Kier alpha value is -2.61. The Morgan fingerprint density at radius 1 is 1.27 bits per heavy atom. The fraction of sp³-hybridized carbons (Fsp3) is 0.500. The zero-order valence-electron chi connectivity index (χ0n) is 14.8. The van der Waals surface area contributed by atoms with Crippen LogP contribution >= 0.6 is 0 Å². The van der Waals surface area contributed by atoms with Crippen LogP contribution in [0.25, 0.3) is 0 Å². The molecule has 3 rings (SSSR count). The summed E-state index contributed by atoms with van der Waals surface area (Å²) in [5.74, 6) is 0.299. The number of benzene rings is 1. The molecule has 0 bridgehead atoms. The highest BCUT2D eigenvalue weighted by Gasteiger charge is 2.38. The molecule has 2 heterocycles. The Labute approximate surface area is 152 Å². The van der Waals surface area contributed by atoms with Gasteiger partial charge in [0.25, 0.3) is 5.91 Å². The summed E-state index contributed by atoms with van der Waals surface area (Å²) >= 11 is 0. The van der Waals surface area contributed by atoms with E-state index in [-0.39, 0.29) is 24.8 Å². The predicted molar refractivity (Wildman–Crippen MR) is 92.5 cm³/mol. The van der Waals surface area contributed by atoms with Crippen molar-refractivity contribution in [2.75, 3.05) is 33.4 Å². The molecule has 2 aliphatic rings. The number of para-hydroxylation sites is 1. The summed E-state index contributed by atoms with van der Waals surface area (Å²) in [6, 6.07) is 6.15. The Kier molecular flexibility index (Phi) is 5.72. The standard InChI is InChI=1S/C18H23N3O5/c1-25-15-5-3-2-4-13(15)12-21-17(23)14(19-18(21)24)6-7-16(22)20-8-10-26-11-9-20/h2-5,14H,6-12H2,1H3,(H,19,24). The van der Waals surface area contributed by atoms with Gasteiger partial charge in [0.15, 0.2) is 0 Å². The van der Waals surface area contributed by atoms with E-state index in [9.17, 15) is 14.4 Å². The third kappa shape index (κ3) is 3.96. The van der Waals surface area contributed by atoms with E-state index in [0.29, 0.717) is 38.5 Å². The van der Waals surface area contributed by atoms with E-state index in [2.05, 4.69) is 5.32 Å². The number of carbonyl (C=O) groups is 3. The molecule has 0 radical (unpaired) electrons. The maximum Gasteiger partial charge on any atom is 0.325 e. The van der Waals surface area contributed by atoms with E-state index in [1.807, 2.05) is 18.2 Å². The average molecular weight is 361 g/mol. The highest BCUT2D eigenvalue weighted by molar-refractivity contribution is 6.04.